The average molecular weight is 348 g/mol. The minimum Gasteiger partial charge on any atom is -0.478 e. The number of hydrogen-bond donors (Lipinski definition) is 1. The highest BCUT2D eigenvalue weighted by Crippen LogP contribution is 2.29. The lowest BCUT2D eigenvalue weighted by atomic mass is 10.1. The lowest BCUT2D eigenvalue weighted by Crippen LogP contribution is -2.34. The van der Waals surface area contributed by atoms with Crippen LogP contribution in [0.1, 0.15) is 11.4 Å². The number of aliphatic carboxylic acids is 1. The summed E-state index contributed by atoms with van der Waals surface area (Å²) in [6.45, 7) is 2.47. The van der Waals surface area contributed by atoms with E-state index in [0.29, 0.717) is 0 Å². The van der Waals surface area contributed by atoms with E-state index in [9.17, 15) is 4.79 Å². The molecular weight excluding hydrogens is 334 g/mol. The smallest absolute Gasteiger partial charge is 0.328 e. The van der Waals surface area contributed by atoms with E-state index in [1.165, 1.54) is 0 Å². The molecule has 0 fully saturated rings. The topological polar surface area (TPSA) is 58.4 Å². The number of nitrogens with zero attached hydrogens (tertiary/aromatic N) is 3. The van der Waals surface area contributed by atoms with Crippen molar-refractivity contribution in [1.82, 2.24) is 9.55 Å². The Hall–Kier alpha value is -2.08. The fourth-order valence-corrected chi connectivity index (χ4v) is 2.82. The van der Waals surface area contributed by atoms with Crippen molar-refractivity contribution < 1.29 is 9.90 Å². The third kappa shape index (κ3) is 3.00. The van der Waals surface area contributed by atoms with Gasteiger partial charge in [0.1, 0.15) is 5.82 Å². The van der Waals surface area contributed by atoms with Crippen molar-refractivity contribution in [3.63, 3.8) is 0 Å². The van der Waals surface area contributed by atoms with Gasteiger partial charge in [-0.15, -0.1) is 0 Å². The van der Waals surface area contributed by atoms with E-state index < -0.39 is 5.97 Å². The highest BCUT2D eigenvalue weighted by Gasteiger charge is 2.18. The lowest BCUT2D eigenvalue weighted by Gasteiger charge is -2.31. The Bertz CT molecular complexity index is 709. The van der Waals surface area contributed by atoms with Gasteiger partial charge < -0.3 is 14.6 Å². The molecule has 6 heteroatoms. The Morgan fingerprint density at radius 1 is 1.38 bits per heavy atom. The second kappa shape index (κ2) is 5.73. The van der Waals surface area contributed by atoms with Gasteiger partial charge in [0.15, 0.2) is 0 Å². The first-order chi connectivity index (χ1) is 10.1. The van der Waals surface area contributed by atoms with E-state index in [0.717, 1.165) is 47.3 Å². The van der Waals surface area contributed by atoms with Crippen molar-refractivity contribution in [1.29, 1.82) is 0 Å². The van der Waals surface area contributed by atoms with Crippen LogP contribution in [0.4, 0.5) is 5.69 Å². The van der Waals surface area contributed by atoms with Gasteiger partial charge in [0.25, 0.3) is 0 Å². The molecule has 0 spiro atoms. The number of carboxylic acids is 1. The molecule has 0 bridgehead atoms. The van der Waals surface area contributed by atoms with Crippen LogP contribution in [-0.4, -0.2) is 27.2 Å². The third-order valence-corrected chi connectivity index (χ3v) is 3.98. The Morgan fingerprint density at radius 2 is 2.24 bits per heavy atom. The number of carbonyl (C=O) groups is 1. The monoisotopic (exact) mass is 347 g/mol. The van der Waals surface area contributed by atoms with E-state index in [2.05, 4.69) is 30.4 Å². The minimum atomic E-state index is -0.946. The zero-order chi connectivity index (χ0) is 14.8. The molecule has 1 aromatic heterocycles. The molecule has 0 atom stereocenters. The molecule has 108 valence electrons. The minimum absolute atomic E-state index is 0.720. The molecule has 1 aromatic carbocycles. The first-order valence-electron chi connectivity index (χ1n) is 6.59. The number of aromatic nitrogens is 2. The number of hydrogen-bond acceptors (Lipinski definition) is 3. The zero-order valence-corrected chi connectivity index (χ0v) is 12.8. The van der Waals surface area contributed by atoms with Crippen LogP contribution in [0.3, 0.4) is 0 Å². The Kier molecular flexibility index (Phi) is 3.79. The highest BCUT2D eigenvalue weighted by molar-refractivity contribution is 9.10. The third-order valence-electron chi connectivity index (χ3n) is 3.48. The number of imidazole rings is 1. The molecule has 1 aliphatic rings. The molecule has 1 N–H and O–H groups in total. The van der Waals surface area contributed by atoms with Crippen LogP contribution in [0, 0.1) is 0 Å². The summed E-state index contributed by atoms with van der Waals surface area (Å²) in [4.78, 5) is 17.3. The first kappa shape index (κ1) is 13.9. The maximum absolute atomic E-state index is 10.7. The van der Waals surface area contributed by atoms with Crippen LogP contribution in [0.25, 0.3) is 6.08 Å². The van der Waals surface area contributed by atoms with Crippen LogP contribution in [-0.2, 0) is 17.9 Å². The summed E-state index contributed by atoms with van der Waals surface area (Å²) >= 11 is 3.48. The summed E-state index contributed by atoms with van der Waals surface area (Å²) in [7, 11) is 0. The fourth-order valence-electron chi connectivity index (χ4n) is 2.47. The van der Waals surface area contributed by atoms with E-state index in [1.54, 1.807) is 6.08 Å². The Balaban J connectivity index is 1.94. The standard InChI is InChI=1S/C15H14BrN3O2/c16-12-3-1-11(2-4-15(20)21)13(9-12)19-8-7-18-6-5-17-14(18)10-19/h1-6,9H,7-8,10H2,(H,20,21). The zero-order valence-electron chi connectivity index (χ0n) is 11.2. The van der Waals surface area contributed by atoms with Crippen LogP contribution in [0.2, 0.25) is 0 Å². The van der Waals surface area contributed by atoms with Gasteiger partial charge in [-0.2, -0.15) is 0 Å². The van der Waals surface area contributed by atoms with Crippen molar-refractivity contribution in [3.05, 3.63) is 52.5 Å². The first-order valence-corrected chi connectivity index (χ1v) is 7.38. The molecule has 2 heterocycles. The van der Waals surface area contributed by atoms with Crippen molar-refractivity contribution in [3.8, 4) is 0 Å². The SMILES string of the molecule is O=C(O)C=Cc1ccc(Br)cc1N1CCn2ccnc2C1. The summed E-state index contributed by atoms with van der Waals surface area (Å²) in [6.07, 6.45) is 6.59. The van der Waals surface area contributed by atoms with Gasteiger partial charge >= 0.3 is 5.97 Å². The number of anilines is 1. The van der Waals surface area contributed by atoms with E-state index in [4.69, 9.17) is 5.11 Å². The second-order valence-electron chi connectivity index (χ2n) is 4.83. The molecule has 21 heavy (non-hydrogen) atoms. The molecule has 2 aromatic rings. The van der Waals surface area contributed by atoms with E-state index in [1.807, 2.05) is 30.6 Å². The van der Waals surface area contributed by atoms with Crippen LogP contribution < -0.4 is 4.90 Å². The molecule has 0 unspecified atom stereocenters. The van der Waals surface area contributed by atoms with Crippen molar-refractivity contribution >= 4 is 33.7 Å². The molecule has 1 aliphatic heterocycles. The van der Waals surface area contributed by atoms with Gasteiger partial charge in [0.05, 0.1) is 6.54 Å². The number of carboxylic acid groups (broad SMARTS) is 1. The largest absolute Gasteiger partial charge is 0.478 e. The number of rotatable bonds is 3. The summed E-state index contributed by atoms with van der Waals surface area (Å²) in [5.74, 6) is 0.0763. The van der Waals surface area contributed by atoms with Crippen LogP contribution >= 0.6 is 15.9 Å². The molecule has 0 amide bonds. The highest BCUT2D eigenvalue weighted by atomic mass is 79.9. The maximum atomic E-state index is 10.7. The van der Waals surface area contributed by atoms with Crippen LogP contribution in [0.5, 0.6) is 0 Å². The van der Waals surface area contributed by atoms with E-state index in [-0.39, 0.29) is 0 Å². The molecule has 0 aliphatic carbocycles. The summed E-state index contributed by atoms with van der Waals surface area (Å²) in [5.41, 5.74) is 1.90. The molecule has 0 saturated heterocycles. The summed E-state index contributed by atoms with van der Waals surface area (Å²) in [6, 6.07) is 5.84. The van der Waals surface area contributed by atoms with E-state index >= 15 is 0 Å². The second-order valence-corrected chi connectivity index (χ2v) is 5.75. The Labute approximate surface area is 130 Å². The van der Waals surface area contributed by atoms with Gasteiger partial charge in [0.2, 0.25) is 0 Å². The van der Waals surface area contributed by atoms with Gasteiger partial charge in [-0.25, -0.2) is 9.78 Å². The molecule has 5 nitrogen and oxygen atoms in total. The average Bonchev–Trinajstić information content (AvgIpc) is 2.93. The predicted molar refractivity (Wildman–Crippen MR) is 84.1 cm³/mol. The maximum Gasteiger partial charge on any atom is 0.328 e. The molecular formula is C15H14BrN3O2. The molecule has 0 radical (unpaired) electrons. The van der Waals surface area contributed by atoms with Gasteiger partial charge in [-0.3, -0.25) is 0 Å². The number of benzene rings is 1. The predicted octanol–water partition coefficient (Wildman–Crippen LogP) is 2.76. The fraction of sp³-hybridized carbons (Fsp3) is 0.200. The quantitative estimate of drug-likeness (QED) is 0.867. The van der Waals surface area contributed by atoms with Gasteiger partial charge in [0, 0.05) is 41.7 Å². The van der Waals surface area contributed by atoms with Gasteiger partial charge in [-0.1, -0.05) is 22.0 Å². The molecule has 0 saturated carbocycles. The van der Waals surface area contributed by atoms with Crippen LogP contribution in [0.15, 0.2) is 41.1 Å². The van der Waals surface area contributed by atoms with Gasteiger partial charge in [-0.05, 0) is 23.8 Å². The van der Waals surface area contributed by atoms with Crippen molar-refractivity contribution in [2.45, 2.75) is 13.1 Å². The Morgan fingerprint density at radius 3 is 3.05 bits per heavy atom. The lowest BCUT2D eigenvalue weighted by molar-refractivity contribution is -0.131. The number of halogens is 1. The normalized spacial score (nSPS) is 14.4. The van der Waals surface area contributed by atoms with Crippen molar-refractivity contribution in [2.75, 3.05) is 11.4 Å². The summed E-state index contributed by atoms with van der Waals surface area (Å²) in [5, 5.41) is 8.81. The molecule has 3 rings (SSSR count). The number of fused-ring (bicyclic) bond motifs is 1. The summed E-state index contributed by atoms with van der Waals surface area (Å²) < 4.78 is 3.11. The van der Waals surface area contributed by atoms with Crippen molar-refractivity contribution in [2.24, 2.45) is 0 Å².